The van der Waals surface area contributed by atoms with E-state index < -0.39 is 23.8 Å². The first-order chi connectivity index (χ1) is 15.1. The molecule has 1 atom stereocenters. The maximum Gasteiger partial charge on any atom is 0.435 e. The van der Waals surface area contributed by atoms with Gasteiger partial charge in [-0.05, 0) is 37.1 Å². The molecule has 4 rings (SSSR count). The van der Waals surface area contributed by atoms with Crippen molar-refractivity contribution in [1.82, 2.24) is 9.78 Å². The molecular formula is C21H19ClF3N3O3S. The van der Waals surface area contributed by atoms with Crippen LogP contribution in [0.1, 0.15) is 46.7 Å². The van der Waals surface area contributed by atoms with Crippen LogP contribution in [0.15, 0.2) is 24.3 Å². The van der Waals surface area contributed by atoms with Crippen LogP contribution < -0.4 is 5.32 Å². The average molecular weight is 486 g/mol. The normalized spacial score (nSPS) is 15.1. The van der Waals surface area contributed by atoms with Crippen LogP contribution in [0.4, 0.5) is 18.9 Å². The number of halogens is 4. The van der Waals surface area contributed by atoms with Gasteiger partial charge in [0.05, 0.1) is 24.6 Å². The molecule has 1 aliphatic carbocycles. The van der Waals surface area contributed by atoms with Gasteiger partial charge in [0.15, 0.2) is 5.69 Å². The first-order valence-corrected chi connectivity index (χ1v) is 11.0. The van der Waals surface area contributed by atoms with Crippen LogP contribution in [0.25, 0.3) is 10.1 Å². The minimum absolute atomic E-state index is 0.0350. The van der Waals surface area contributed by atoms with E-state index in [1.54, 1.807) is 25.1 Å². The van der Waals surface area contributed by atoms with Crippen molar-refractivity contribution in [1.29, 1.82) is 0 Å². The summed E-state index contributed by atoms with van der Waals surface area (Å²) in [6.45, 7) is 1.67. The minimum Gasteiger partial charge on any atom is -0.465 e. The first kappa shape index (κ1) is 22.6. The molecule has 6 nitrogen and oxygen atoms in total. The largest absolute Gasteiger partial charge is 0.465 e. The Hall–Kier alpha value is -2.59. The standard InChI is InChI=1S/C21H19ClF3N3O3S/c1-10(9-28-14(11-3-4-11)8-16(27-28)21(23,24)25)19(29)26-12-5-6-13-15(7-12)32-18(17(13)22)20(30)31-2/h5-8,10-11H,3-4,9H2,1-2H3,(H,26,29). The summed E-state index contributed by atoms with van der Waals surface area (Å²) in [7, 11) is 1.27. The fraction of sp³-hybridized carbons (Fsp3) is 0.381. The van der Waals surface area contributed by atoms with Crippen molar-refractivity contribution in [3.63, 3.8) is 0 Å². The van der Waals surface area contributed by atoms with E-state index in [4.69, 9.17) is 16.3 Å². The Bertz CT molecular complexity index is 1200. The van der Waals surface area contributed by atoms with Gasteiger partial charge in [0.25, 0.3) is 0 Å². The van der Waals surface area contributed by atoms with Crippen LogP contribution in [0.5, 0.6) is 0 Å². The van der Waals surface area contributed by atoms with Crippen molar-refractivity contribution in [2.75, 3.05) is 12.4 Å². The Labute approximate surface area is 190 Å². The van der Waals surface area contributed by atoms with E-state index in [9.17, 15) is 22.8 Å². The summed E-state index contributed by atoms with van der Waals surface area (Å²) in [6, 6.07) is 6.11. The number of hydrogen-bond acceptors (Lipinski definition) is 5. The second kappa shape index (κ2) is 8.40. The summed E-state index contributed by atoms with van der Waals surface area (Å²) in [6.07, 6.45) is -2.89. The molecule has 0 spiro atoms. The van der Waals surface area contributed by atoms with Gasteiger partial charge in [-0.25, -0.2) is 4.79 Å². The molecule has 3 aromatic rings. The van der Waals surface area contributed by atoms with Crippen molar-refractivity contribution < 1.29 is 27.5 Å². The first-order valence-electron chi connectivity index (χ1n) is 9.84. The summed E-state index contributed by atoms with van der Waals surface area (Å²) in [5.41, 5.74) is 0.0675. The second-order valence-electron chi connectivity index (χ2n) is 7.75. The highest BCUT2D eigenvalue weighted by Gasteiger charge is 2.38. The van der Waals surface area contributed by atoms with Crippen molar-refractivity contribution in [2.45, 2.75) is 38.4 Å². The lowest BCUT2D eigenvalue weighted by molar-refractivity contribution is -0.141. The summed E-state index contributed by atoms with van der Waals surface area (Å²) in [5.74, 6) is -1.46. The average Bonchev–Trinajstić information content (AvgIpc) is 3.41. The number of nitrogens with one attached hydrogen (secondary N) is 1. The van der Waals surface area contributed by atoms with Crippen LogP contribution in [-0.4, -0.2) is 28.8 Å². The zero-order chi connectivity index (χ0) is 23.2. The molecule has 1 amide bonds. The zero-order valence-electron chi connectivity index (χ0n) is 17.1. The SMILES string of the molecule is COC(=O)c1sc2cc(NC(=O)C(C)Cn3nc(C(F)(F)F)cc3C3CC3)ccc2c1Cl. The number of fused-ring (bicyclic) bond motifs is 1. The number of ether oxygens (including phenoxy) is 1. The van der Waals surface area contributed by atoms with Crippen LogP contribution in [-0.2, 0) is 22.3 Å². The Balaban J connectivity index is 1.50. The number of hydrogen-bond donors (Lipinski definition) is 1. The molecule has 11 heteroatoms. The number of amides is 1. The Kier molecular flexibility index (Phi) is 5.93. The Morgan fingerprint density at radius 3 is 2.69 bits per heavy atom. The molecule has 1 saturated carbocycles. The molecule has 1 unspecified atom stereocenters. The predicted molar refractivity (Wildman–Crippen MR) is 115 cm³/mol. The minimum atomic E-state index is -4.53. The number of thiophene rings is 1. The topological polar surface area (TPSA) is 73.2 Å². The highest BCUT2D eigenvalue weighted by Crippen LogP contribution is 2.42. The molecule has 32 heavy (non-hydrogen) atoms. The molecule has 2 heterocycles. The monoisotopic (exact) mass is 485 g/mol. The zero-order valence-corrected chi connectivity index (χ0v) is 18.7. The molecule has 1 aromatic carbocycles. The number of benzene rings is 1. The van der Waals surface area contributed by atoms with Crippen LogP contribution >= 0.6 is 22.9 Å². The van der Waals surface area contributed by atoms with Gasteiger partial charge in [-0.2, -0.15) is 18.3 Å². The Morgan fingerprint density at radius 2 is 2.06 bits per heavy atom. The smallest absolute Gasteiger partial charge is 0.435 e. The number of carbonyl (C=O) groups is 2. The molecule has 170 valence electrons. The number of alkyl halides is 3. The van der Waals surface area contributed by atoms with Gasteiger partial charge < -0.3 is 10.1 Å². The lowest BCUT2D eigenvalue weighted by Crippen LogP contribution is -2.25. The third-order valence-corrected chi connectivity index (χ3v) is 6.90. The third kappa shape index (κ3) is 4.47. The summed E-state index contributed by atoms with van der Waals surface area (Å²) < 4.78 is 46.0. The van der Waals surface area contributed by atoms with E-state index in [1.165, 1.54) is 11.8 Å². The van der Waals surface area contributed by atoms with Gasteiger partial charge in [0, 0.05) is 27.4 Å². The number of nitrogens with zero attached hydrogens (tertiary/aromatic N) is 2. The number of anilines is 1. The number of aromatic nitrogens is 2. The molecular weight excluding hydrogens is 467 g/mol. The van der Waals surface area contributed by atoms with E-state index in [2.05, 4.69) is 10.4 Å². The Morgan fingerprint density at radius 1 is 1.34 bits per heavy atom. The van der Waals surface area contributed by atoms with Crippen molar-refractivity contribution in [3.05, 3.63) is 45.6 Å². The fourth-order valence-electron chi connectivity index (χ4n) is 3.40. The molecule has 1 aliphatic rings. The summed E-state index contributed by atoms with van der Waals surface area (Å²) in [4.78, 5) is 24.8. The van der Waals surface area contributed by atoms with E-state index in [1.807, 2.05) is 0 Å². The van der Waals surface area contributed by atoms with E-state index in [0.29, 0.717) is 21.5 Å². The molecule has 1 fully saturated rings. The molecule has 0 aliphatic heterocycles. The third-order valence-electron chi connectivity index (χ3n) is 5.26. The number of methoxy groups -OCH3 is 1. The van der Waals surface area contributed by atoms with Crippen molar-refractivity contribution >= 4 is 50.6 Å². The molecule has 0 radical (unpaired) electrons. The lowest BCUT2D eigenvalue weighted by Gasteiger charge is -2.14. The van der Waals surface area contributed by atoms with Crippen molar-refractivity contribution in [3.8, 4) is 0 Å². The fourth-order valence-corrected chi connectivity index (χ4v) is 4.86. The van der Waals surface area contributed by atoms with Crippen LogP contribution in [0.3, 0.4) is 0 Å². The van der Waals surface area contributed by atoms with Gasteiger partial charge in [-0.15, -0.1) is 11.3 Å². The van der Waals surface area contributed by atoms with Gasteiger partial charge in [-0.3, -0.25) is 9.48 Å². The van der Waals surface area contributed by atoms with Crippen LogP contribution in [0.2, 0.25) is 5.02 Å². The van der Waals surface area contributed by atoms with E-state index >= 15 is 0 Å². The summed E-state index contributed by atoms with van der Waals surface area (Å²) >= 11 is 7.39. The van der Waals surface area contributed by atoms with Gasteiger partial charge >= 0.3 is 12.1 Å². The number of esters is 1. The number of rotatable bonds is 6. The summed E-state index contributed by atoms with van der Waals surface area (Å²) in [5, 5.41) is 7.42. The number of carbonyl (C=O) groups excluding carboxylic acids is 2. The molecule has 1 N–H and O–H groups in total. The maximum atomic E-state index is 13.1. The predicted octanol–water partition coefficient (Wildman–Crippen LogP) is 5.71. The quantitative estimate of drug-likeness (QED) is 0.454. The van der Waals surface area contributed by atoms with Crippen LogP contribution in [0, 0.1) is 5.92 Å². The molecule has 0 bridgehead atoms. The van der Waals surface area contributed by atoms with E-state index in [-0.39, 0.29) is 28.3 Å². The lowest BCUT2D eigenvalue weighted by atomic mass is 10.1. The highest BCUT2D eigenvalue weighted by atomic mass is 35.5. The van der Waals surface area contributed by atoms with E-state index in [0.717, 1.165) is 30.2 Å². The second-order valence-corrected chi connectivity index (χ2v) is 9.18. The van der Waals surface area contributed by atoms with Gasteiger partial charge in [-0.1, -0.05) is 18.5 Å². The van der Waals surface area contributed by atoms with Crippen molar-refractivity contribution in [2.24, 2.45) is 5.92 Å². The molecule has 2 aromatic heterocycles. The highest BCUT2D eigenvalue weighted by molar-refractivity contribution is 7.21. The maximum absolute atomic E-state index is 13.1. The molecule has 0 saturated heterocycles. The van der Waals surface area contributed by atoms with Gasteiger partial charge in [0.1, 0.15) is 4.88 Å². The van der Waals surface area contributed by atoms with Gasteiger partial charge in [0.2, 0.25) is 5.91 Å².